The number of Topliss-reactive ketones (excluding diaryl/α,β-unsaturated/α-hetero) is 1. The van der Waals surface area contributed by atoms with E-state index in [-0.39, 0.29) is 25.5 Å². The molecule has 3 atom stereocenters. The second kappa shape index (κ2) is 19.5. The predicted molar refractivity (Wildman–Crippen MR) is 213 cm³/mol. The van der Waals surface area contributed by atoms with E-state index in [0.29, 0.717) is 12.8 Å². The number of benzene rings is 2. The molecule has 14 heteroatoms. The normalized spacial score (nSPS) is 17.8. The van der Waals surface area contributed by atoms with Gasteiger partial charge in [-0.3, -0.25) is 24.0 Å². The van der Waals surface area contributed by atoms with Crippen molar-refractivity contribution < 1.29 is 33.5 Å². The molecule has 0 saturated carbocycles. The average molecular weight is 782 g/mol. The molecule has 54 heavy (non-hydrogen) atoms. The first kappa shape index (κ1) is 42.7. The fraction of sp³-hybridized carbons (Fsp3) is 0.550. The molecule has 4 rings (SSSR count). The number of amides is 5. The summed E-state index contributed by atoms with van der Waals surface area (Å²) in [4.78, 5) is 82.6. The molecule has 0 bridgehead atoms. The fourth-order valence-corrected chi connectivity index (χ4v) is 9.79. The van der Waals surface area contributed by atoms with E-state index in [0.717, 1.165) is 29.1 Å². The van der Waals surface area contributed by atoms with Crippen LogP contribution < -0.4 is 21.3 Å². The van der Waals surface area contributed by atoms with Gasteiger partial charge in [-0.05, 0) is 46.8 Å². The minimum absolute atomic E-state index is 0.107. The van der Waals surface area contributed by atoms with Gasteiger partial charge in [0, 0.05) is 13.0 Å². The molecule has 2 aromatic rings. The van der Waals surface area contributed by atoms with Gasteiger partial charge in [-0.25, -0.2) is 4.79 Å². The molecular weight excluding hydrogens is 727 g/mol. The molecule has 5 amide bonds. The lowest BCUT2D eigenvalue weighted by Crippen LogP contribution is -2.59. The highest BCUT2D eigenvalue weighted by atomic mass is 32.2. The number of alkyl carbamates (subject to hydrolysis) is 1. The van der Waals surface area contributed by atoms with E-state index >= 15 is 0 Å². The van der Waals surface area contributed by atoms with Crippen LogP contribution in [0.25, 0.3) is 0 Å². The summed E-state index contributed by atoms with van der Waals surface area (Å²) < 4.78 is 4.91. The Morgan fingerprint density at radius 1 is 0.889 bits per heavy atom. The van der Waals surface area contributed by atoms with Crippen LogP contribution in [0.2, 0.25) is 0 Å². The molecule has 2 fully saturated rings. The van der Waals surface area contributed by atoms with Crippen LogP contribution in [-0.2, 0) is 28.7 Å². The van der Waals surface area contributed by atoms with Crippen LogP contribution in [0, 0.1) is 11.3 Å². The quantitative estimate of drug-likeness (QED) is 0.186. The number of likely N-dealkylation sites (tertiary alicyclic amines) is 1. The molecule has 1 unspecified atom stereocenters. The Balaban J connectivity index is 1.46. The number of rotatable bonds is 15. The van der Waals surface area contributed by atoms with Crippen LogP contribution in [0.3, 0.4) is 0 Å². The summed E-state index contributed by atoms with van der Waals surface area (Å²) in [6.45, 7) is 11.2. The van der Waals surface area contributed by atoms with Crippen LogP contribution >= 0.6 is 23.5 Å². The fourth-order valence-electron chi connectivity index (χ4n) is 6.44. The number of carbonyl (C=O) groups excluding carboxylic acids is 6. The molecule has 4 N–H and O–H groups in total. The number of hydrogen-bond acceptors (Lipinski definition) is 9. The highest BCUT2D eigenvalue weighted by molar-refractivity contribution is 8.18. The zero-order valence-corrected chi connectivity index (χ0v) is 33.8. The minimum Gasteiger partial charge on any atom is -0.449 e. The highest BCUT2D eigenvalue weighted by Crippen LogP contribution is 2.50. The Hall–Kier alpha value is -4.04. The molecule has 0 radical (unpaired) electrons. The highest BCUT2D eigenvalue weighted by Gasteiger charge is 2.53. The largest absolute Gasteiger partial charge is 0.449 e. The average Bonchev–Trinajstić information content (AvgIpc) is 3.52. The summed E-state index contributed by atoms with van der Waals surface area (Å²) in [5.41, 5.74) is 0.990. The Morgan fingerprint density at radius 3 is 2.02 bits per heavy atom. The van der Waals surface area contributed by atoms with Crippen LogP contribution in [0.15, 0.2) is 60.7 Å². The lowest BCUT2D eigenvalue weighted by Gasteiger charge is -2.36. The lowest BCUT2D eigenvalue weighted by molar-refractivity contribution is -0.144. The van der Waals surface area contributed by atoms with Gasteiger partial charge in [-0.15, -0.1) is 23.5 Å². The van der Waals surface area contributed by atoms with E-state index in [2.05, 4.69) is 21.3 Å². The lowest BCUT2D eigenvalue weighted by atomic mass is 9.85. The number of carbonyl (C=O) groups is 6. The summed E-state index contributed by atoms with van der Waals surface area (Å²) in [5, 5.41) is 10.9. The van der Waals surface area contributed by atoms with E-state index in [9.17, 15) is 28.8 Å². The van der Waals surface area contributed by atoms with Gasteiger partial charge in [0.2, 0.25) is 23.5 Å². The van der Waals surface area contributed by atoms with Crippen molar-refractivity contribution in [2.75, 3.05) is 31.2 Å². The van der Waals surface area contributed by atoms with Crippen molar-refractivity contribution in [2.24, 2.45) is 11.3 Å². The van der Waals surface area contributed by atoms with Gasteiger partial charge < -0.3 is 30.9 Å². The standard InChI is InChI=1S/C40H55N5O7S2/c1-7-15-29(33(47)36(49)41-23-31(46)43-32(27-16-10-8-11-17-27)28-18-12-9-13-19-28)42-35(48)30-22-40(53-20-14-21-54-40)25-45(30)37(50)34(39(4,5)6)44-38(51)52-24-26(2)3/h8-13,16-19,26,29-30,32,34H,7,14-15,20-25H2,1-6H3,(H,41,49)(H,42,48)(H,43,46)(H,44,51)/t29?,30-,34+/m0/s1. The van der Waals surface area contributed by atoms with E-state index in [1.54, 1.807) is 23.5 Å². The second-order valence-corrected chi connectivity index (χ2v) is 18.5. The third kappa shape index (κ3) is 11.7. The Morgan fingerprint density at radius 2 is 1.48 bits per heavy atom. The van der Waals surface area contributed by atoms with Crippen molar-refractivity contribution in [3.05, 3.63) is 71.8 Å². The molecule has 12 nitrogen and oxygen atoms in total. The first-order chi connectivity index (χ1) is 25.6. The summed E-state index contributed by atoms with van der Waals surface area (Å²) in [5.74, 6) is -1.46. The molecule has 2 aliphatic heterocycles. The van der Waals surface area contributed by atoms with E-state index in [1.807, 2.05) is 102 Å². The third-order valence-corrected chi connectivity index (χ3v) is 12.6. The SMILES string of the molecule is CCCC(NC(=O)[C@@H]1CC2(CN1C(=O)[C@@H](NC(=O)OCC(C)C)C(C)(C)C)SCCCS2)C(=O)C(=O)NCC(=O)NC(c1ccccc1)c1ccccc1. The van der Waals surface area contributed by atoms with Gasteiger partial charge >= 0.3 is 6.09 Å². The smallest absolute Gasteiger partial charge is 0.407 e. The van der Waals surface area contributed by atoms with Gasteiger partial charge in [0.15, 0.2) is 0 Å². The van der Waals surface area contributed by atoms with Gasteiger partial charge in [-0.2, -0.15) is 0 Å². The summed E-state index contributed by atoms with van der Waals surface area (Å²) >= 11 is 3.44. The van der Waals surface area contributed by atoms with Gasteiger partial charge in [0.25, 0.3) is 5.91 Å². The summed E-state index contributed by atoms with van der Waals surface area (Å²) in [6.07, 6.45) is 1.31. The Labute approximate surface area is 327 Å². The minimum atomic E-state index is -1.17. The number of hydrogen-bond donors (Lipinski definition) is 4. The number of nitrogens with one attached hydrogen (secondary N) is 4. The predicted octanol–water partition coefficient (Wildman–Crippen LogP) is 4.83. The van der Waals surface area contributed by atoms with Crippen molar-refractivity contribution in [1.82, 2.24) is 26.2 Å². The molecule has 2 heterocycles. The zero-order chi connectivity index (χ0) is 39.5. The van der Waals surface area contributed by atoms with Gasteiger partial charge in [0.05, 0.1) is 29.3 Å². The van der Waals surface area contributed by atoms with E-state index in [1.165, 1.54) is 4.90 Å². The van der Waals surface area contributed by atoms with Crippen molar-refractivity contribution in [2.45, 2.75) is 95.5 Å². The topological polar surface area (TPSA) is 163 Å². The van der Waals surface area contributed by atoms with Crippen molar-refractivity contribution in [1.29, 1.82) is 0 Å². The van der Waals surface area contributed by atoms with Crippen LogP contribution in [-0.4, -0.2) is 93.8 Å². The van der Waals surface area contributed by atoms with E-state index < -0.39 is 75.7 Å². The van der Waals surface area contributed by atoms with Crippen molar-refractivity contribution >= 4 is 59.0 Å². The molecular formula is C40H55N5O7S2. The van der Waals surface area contributed by atoms with Crippen LogP contribution in [0.5, 0.6) is 0 Å². The first-order valence-electron chi connectivity index (χ1n) is 18.7. The second-order valence-electron chi connectivity index (χ2n) is 15.3. The molecule has 294 valence electrons. The van der Waals surface area contributed by atoms with Gasteiger partial charge in [0.1, 0.15) is 12.1 Å². The first-order valence-corrected chi connectivity index (χ1v) is 20.6. The third-order valence-electron chi connectivity index (χ3n) is 9.23. The number of ketones is 1. The molecule has 1 spiro atoms. The van der Waals surface area contributed by atoms with Gasteiger partial charge in [-0.1, -0.05) is 109 Å². The maximum Gasteiger partial charge on any atom is 0.407 e. The number of thioether (sulfide) groups is 2. The molecule has 0 aliphatic carbocycles. The van der Waals surface area contributed by atoms with Crippen LogP contribution in [0.1, 0.15) is 84.4 Å². The maximum absolute atomic E-state index is 14.4. The molecule has 2 aromatic carbocycles. The van der Waals surface area contributed by atoms with Crippen LogP contribution in [0.4, 0.5) is 4.79 Å². The van der Waals surface area contributed by atoms with Crippen molar-refractivity contribution in [3.8, 4) is 0 Å². The summed E-state index contributed by atoms with van der Waals surface area (Å²) in [6, 6.07) is 15.3. The van der Waals surface area contributed by atoms with Crippen molar-refractivity contribution in [3.63, 3.8) is 0 Å². The Bertz CT molecular complexity index is 1570. The molecule has 2 saturated heterocycles. The zero-order valence-electron chi connectivity index (χ0n) is 32.1. The van der Waals surface area contributed by atoms with E-state index in [4.69, 9.17) is 4.74 Å². The monoisotopic (exact) mass is 781 g/mol. The summed E-state index contributed by atoms with van der Waals surface area (Å²) in [7, 11) is 0. The number of nitrogens with zero attached hydrogens (tertiary/aromatic N) is 1. The number of ether oxygens (including phenoxy) is 1. The molecule has 2 aliphatic rings. The molecule has 0 aromatic heterocycles. The Kier molecular flexibility index (Phi) is 15.4. The maximum atomic E-state index is 14.4.